The molecule has 1 unspecified atom stereocenters. The predicted octanol–water partition coefficient (Wildman–Crippen LogP) is 0.288. The topological polar surface area (TPSA) is 83.6 Å². The van der Waals surface area contributed by atoms with E-state index in [1.165, 1.54) is 7.11 Å². The van der Waals surface area contributed by atoms with Gasteiger partial charge in [-0.1, -0.05) is 0 Å². The van der Waals surface area contributed by atoms with Crippen molar-refractivity contribution in [2.24, 2.45) is 0 Å². The van der Waals surface area contributed by atoms with Gasteiger partial charge in [0.25, 0.3) is 0 Å². The van der Waals surface area contributed by atoms with E-state index in [2.05, 4.69) is 15.0 Å². The molecule has 0 spiro atoms. The van der Waals surface area contributed by atoms with Gasteiger partial charge in [-0.05, 0) is 25.1 Å². The molecule has 0 bridgehead atoms. The first-order chi connectivity index (χ1) is 8.67. The maximum Gasteiger partial charge on any atom is 0.354 e. The summed E-state index contributed by atoms with van der Waals surface area (Å²) in [7, 11) is 2.90. The molecular formula is C12H20N2O4. The second-order valence-corrected chi connectivity index (χ2v) is 3.96. The van der Waals surface area contributed by atoms with Gasteiger partial charge in [-0.2, -0.15) is 0 Å². The summed E-state index contributed by atoms with van der Waals surface area (Å²) in [6.45, 7) is 1.63. The van der Waals surface area contributed by atoms with E-state index in [9.17, 15) is 9.90 Å². The molecule has 6 nitrogen and oxygen atoms in total. The van der Waals surface area contributed by atoms with Crippen LogP contribution in [0, 0.1) is 0 Å². The third-order valence-corrected chi connectivity index (χ3v) is 2.48. The molecule has 0 saturated carbocycles. The lowest BCUT2D eigenvalue weighted by molar-refractivity contribution is 0.0593. The van der Waals surface area contributed by atoms with Gasteiger partial charge in [0.15, 0.2) is 0 Å². The molecular weight excluding hydrogens is 236 g/mol. The third kappa shape index (κ3) is 4.87. The molecule has 0 aliphatic rings. The van der Waals surface area contributed by atoms with Gasteiger partial charge in [0.05, 0.1) is 19.8 Å². The Hall–Kier alpha value is -1.37. The number of hydrogen-bond donors (Lipinski definition) is 3. The minimum absolute atomic E-state index is 0.344. The van der Waals surface area contributed by atoms with Crippen molar-refractivity contribution in [2.75, 3.05) is 27.4 Å². The van der Waals surface area contributed by atoms with Gasteiger partial charge >= 0.3 is 5.97 Å². The van der Waals surface area contributed by atoms with Gasteiger partial charge in [-0.25, -0.2) is 4.79 Å². The zero-order valence-corrected chi connectivity index (χ0v) is 10.7. The lowest BCUT2D eigenvalue weighted by Crippen LogP contribution is -2.23. The fraction of sp³-hybridized carbons (Fsp3) is 0.583. The van der Waals surface area contributed by atoms with Crippen LogP contribution in [0.3, 0.4) is 0 Å². The van der Waals surface area contributed by atoms with E-state index in [0.29, 0.717) is 31.8 Å². The molecule has 0 radical (unpaired) electrons. The van der Waals surface area contributed by atoms with Gasteiger partial charge < -0.3 is 24.9 Å². The van der Waals surface area contributed by atoms with Crippen molar-refractivity contribution in [1.82, 2.24) is 10.3 Å². The molecule has 0 aliphatic heterocycles. The molecule has 0 aromatic carbocycles. The van der Waals surface area contributed by atoms with Crippen molar-refractivity contribution in [3.05, 3.63) is 23.5 Å². The Morgan fingerprint density at radius 1 is 1.50 bits per heavy atom. The van der Waals surface area contributed by atoms with Crippen LogP contribution in [0.5, 0.6) is 0 Å². The molecule has 1 atom stereocenters. The molecule has 0 fully saturated rings. The predicted molar refractivity (Wildman–Crippen MR) is 66.3 cm³/mol. The number of aromatic amines is 1. The molecule has 6 heteroatoms. The van der Waals surface area contributed by atoms with Gasteiger partial charge in [-0.3, -0.25) is 0 Å². The number of carbonyl (C=O) groups is 1. The Kier molecular flexibility index (Phi) is 6.42. The van der Waals surface area contributed by atoms with E-state index < -0.39 is 6.10 Å². The third-order valence-electron chi connectivity index (χ3n) is 2.48. The minimum Gasteiger partial charge on any atom is -0.464 e. The van der Waals surface area contributed by atoms with Gasteiger partial charge in [0.2, 0.25) is 0 Å². The van der Waals surface area contributed by atoms with Crippen molar-refractivity contribution in [3.8, 4) is 0 Å². The van der Waals surface area contributed by atoms with Gasteiger partial charge in [-0.15, -0.1) is 0 Å². The van der Waals surface area contributed by atoms with Crippen LogP contribution in [-0.4, -0.2) is 49.5 Å². The summed E-state index contributed by atoms with van der Waals surface area (Å²) < 4.78 is 9.42. The highest BCUT2D eigenvalue weighted by molar-refractivity contribution is 5.87. The van der Waals surface area contributed by atoms with Crippen molar-refractivity contribution in [2.45, 2.75) is 19.1 Å². The van der Waals surface area contributed by atoms with Crippen molar-refractivity contribution < 1.29 is 19.4 Å². The summed E-state index contributed by atoms with van der Waals surface area (Å²) in [6, 6.07) is 3.51. The number of ether oxygens (including phenoxy) is 2. The number of aliphatic hydroxyl groups is 1. The molecule has 102 valence electrons. The zero-order chi connectivity index (χ0) is 13.4. The average Bonchev–Trinajstić information content (AvgIpc) is 2.83. The van der Waals surface area contributed by atoms with Crippen LogP contribution in [0.2, 0.25) is 0 Å². The highest BCUT2D eigenvalue weighted by atomic mass is 16.5. The number of H-pyrrole nitrogens is 1. The quantitative estimate of drug-likeness (QED) is 0.460. The molecule has 18 heavy (non-hydrogen) atoms. The number of nitrogens with one attached hydrogen (secondary N) is 2. The number of hydrogen-bond acceptors (Lipinski definition) is 5. The van der Waals surface area contributed by atoms with E-state index in [0.717, 1.165) is 5.69 Å². The maximum atomic E-state index is 11.2. The van der Waals surface area contributed by atoms with E-state index in [1.807, 2.05) is 6.07 Å². The van der Waals surface area contributed by atoms with Gasteiger partial charge in [0.1, 0.15) is 5.69 Å². The SMILES string of the molecule is COCC(O)CCNCc1ccc(C(=O)OC)[nH]1. The second-order valence-electron chi connectivity index (χ2n) is 3.96. The zero-order valence-electron chi connectivity index (χ0n) is 10.7. The first-order valence-corrected chi connectivity index (χ1v) is 5.81. The smallest absolute Gasteiger partial charge is 0.354 e. The fourth-order valence-electron chi connectivity index (χ4n) is 1.54. The largest absolute Gasteiger partial charge is 0.464 e. The lowest BCUT2D eigenvalue weighted by Gasteiger charge is -2.09. The Morgan fingerprint density at radius 3 is 2.94 bits per heavy atom. The van der Waals surface area contributed by atoms with Crippen LogP contribution < -0.4 is 5.32 Å². The number of aliphatic hydroxyl groups excluding tert-OH is 1. The molecule has 0 aliphatic carbocycles. The number of aromatic nitrogens is 1. The summed E-state index contributed by atoms with van der Waals surface area (Å²) >= 11 is 0. The molecule has 1 aromatic rings. The minimum atomic E-state index is -0.447. The summed E-state index contributed by atoms with van der Waals surface area (Å²) in [5.74, 6) is -0.378. The van der Waals surface area contributed by atoms with Crippen LogP contribution in [-0.2, 0) is 16.0 Å². The lowest BCUT2D eigenvalue weighted by atomic mass is 10.2. The van der Waals surface area contributed by atoms with E-state index in [-0.39, 0.29) is 5.97 Å². The summed E-state index contributed by atoms with van der Waals surface area (Å²) in [5.41, 5.74) is 1.34. The van der Waals surface area contributed by atoms with E-state index >= 15 is 0 Å². The Balaban J connectivity index is 2.23. The van der Waals surface area contributed by atoms with Crippen LogP contribution in [0.15, 0.2) is 12.1 Å². The molecule has 0 saturated heterocycles. The summed E-state index contributed by atoms with van der Waals surface area (Å²) in [4.78, 5) is 14.2. The standard InChI is InChI=1S/C12H20N2O4/c1-17-8-10(15)5-6-13-7-9-3-4-11(14-9)12(16)18-2/h3-4,10,13-15H,5-8H2,1-2H3. The van der Waals surface area contributed by atoms with Crippen LogP contribution in [0.4, 0.5) is 0 Å². The molecule has 3 N–H and O–H groups in total. The maximum absolute atomic E-state index is 11.2. The first-order valence-electron chi connectivity index (χ1n) is 5.81. The molecule has 1 aromatic heterocycles. The normalized spacial score (nSPS) is 12.4. The average molecular weight is 256 g/mol. The van der Waals surface area contributed by atoms with E-state index in [1.54, 1.807) is 13.2 Å². The monoisotopic (exact) mass is 256 g/mol. The van der Waals surface area contributed by atoms with Crippen LogP contribution >= 0.6 is 0 Å². The Morgan fingerprint density at radius 2 is 2.28 bits per heavy atom. The number of methoxy groups -OCH3 is 2. The van der Waals surface area contributed by atoms with Gasteiger partial charge in [0, 0.05) is 19.3 Å². The highest BCUT2D eigenvalue weighted by Crippen LogP contribution is 2.03. The number of rotatable bonds is 8. The fourth-order valence-corrected chi connectivity index (χ4v) is 1.54. The Bertz CT molecular complexity index is 365. The van der Waals surface area contributed by atoms with Crippen molar-refractivity contribution >= 4 is 5.97 Å². The van der Waals surface area contributed by atoms with Crippen molar-refractivity contribution in [1.29, 1.82) is 0 Å². The summed E-state index contributed by atoms with van der Waals surface area (Å²) in [6.07, 6.45) is 0.176. The number of esters is 1. The van der Waals surface area contributed by atoms with Crippen LogP contribution in [0.25, 0.3) is 0 Å². The van der Waals surface area contributed by atoms with E-state index in [4.69, 9.17) is 4.74 Å². The van der Waals surface area contributed by atoms with Crippen molar-refractivity contribution in [3.63, 3.8) is 0 Å². The Labute approximate surface area is 106 Å². The molecule has 1 rings (SSSR count). The molecule has 1 heterocycles. The first kappa shape index (κ1) is 14.7. The second kappa shape index (κ2) is 7.86. The highest BCUT2D eigenvalue weighted by Gasteiger charge is 2.07. The number of carbonyl (C=O) groups excluding carboxylic acids is 1. The van der Waals surface area contributed by atoms with Crippen LogP contribution in [0.1, 0.15) is 22.6 Å². The molecule has 0 amide bonds. The summed E-state index contributed by atoms with van der Waals surface area (Å²) in [5, 5.41) is 12.6.